The summed E-state index contributed by atoms with van der Waals surface area (Å²) >= 11 is 6.03. The number of hydrogen-bond acceptors (Lipinski definition) is 5. The van der Waals surface area contributed by atoms with Crippen molar-refractivity contribution < 1.29 is 8.42 Å². The molecule has 6 nitrogen and oxygen atoms in total. The molecule has 29 heavy (non-hydrogen) atoms. The Morgan fingerprint density at radius 3 is 2.48 bits per heavy atom. The van der Waals surface area contributed by atoms with Crippen LogP contribution in [0.15, 0.2) is 34.1 Å². The van der Waals surface area contributed by atoms with E-state index in [9.17, 15) is 8.42 Å². The van der Waals surface area contributed by atoms with E-state index in [-0.39, 0.29) is 22.2 Å². The summed E-state index contributed by atoms with van der Waals surface area (Å²) in [5.41, 5.74) is 3.74. The summed E-state index contributed by atoms with van der Waals surface area (Å²) in [5.74, 6) is 0. The number of fused-ring (bicyclic) bond motifs is 1. The highest BCUT2D eigenvalue weighted by Crippen LogP contribution is 2.30. The average molecular weight is 457 g/mol. The van der Waals surface area contributed by atoms with Gasteiger partial charge in [0.15, 0.2) is 5.65 Å². The maximum absolute atomic E-state index is 13.4. The Hall–Kier alpha value is -1.67. The molecule has 0 aliphatic heterocycles. The van der Waals surface area contributed by atoms with Crippen molar-refractivity contribution in [3.8, 4) is 0 Å². The van der Waals surface area contributed by atoms with E-state index in [1.807, 2.05) is 34.9 Å². The minimum atomic E-state index is -3.80. The molecule has 2 heterocycles. The molecule has 0 fully saturated rings. The van der Waals surface area contributed by atoms with Gasteiger partial charge in [-0.3, -0.25) is 0 Å². The smallest absolute Gasteiger partial charge is 0.212 e. The van der Waals surface area contributed by atoms with Gasteiger partial charge in [0.1, 0.15) is 4.90 Å². The summed E-state index contributed by atoms with van der Waals surface area (Å²) in [6.45, 7) is 6.67. The van der Waals surface area contributed by atoms with Gasteiger partial charge in [-0.1, -0.05) is 24.6 Å². The lowest BCUT2D eigenvalue weighted by atomic mass is 10.1. The highest BCUT2D eigenvalue weighted by molar-refractivity contribution is 7.91. The molecule has 1 aromatic carbocycles. The highest BCUT2D eigenvalue weighted by Gasteiger charge is 2.29. The molecule has 0 N–H and O–H groups in total. The van der Waals surface area contributed by atoms with Crippen LogP contribution in [0.4, 0.5) is 0 Å². The first kappa shape index (κ1) is 23.6. The second kappa shape index (κ2) is 9.00. The maximum atomic E-state index is 13.4. The fourth-order valence-corrected chi connectivity index (χ4v) is 5.24. The Morgan fingerprint density at radius 1 is 1.21 bits per heavy atom. The summed E-state index contributed by atoms with van der Waals surface area (Å²) in [4.78, 5) is 7.10. The number of aromatic nitrogens is 3. The van der Waals surface area contributed by atoms with E-state index >= 15 is 0 Å². The lowest BCUT2D eigenvalue weighted by molar-refractivity contribution is 0.412. The number of likely N-dealkylation sites (N-methyl/N-ethyl adjacent to an activating group) is 1. The van der Waals surface area contributed by atoms with Gasteiger partial charge in [-0.05, 0) is 64.5 Å². The Bertz CT molecular complexity index is 1140. The molecule has 158 valence electrons. The van der Waals surface area contributed by atoms with Crippen molar-refractivity contribution in [1.29, 1.82) is 0 Å². The van der Waals surface area contributed by atoms with Crippen LogP contribution in [0.2, 0.25) is 5.02 Å². The third-order valence-electron chi connectivity index (χ3n) is 4.87. The fraction of sp³-hybridized carbons (Fsp3) is 0.400. The molecule has 2 aromatic heterocycles. The van der Waals surface area contributed by atoms with Crippen LogP contribution in [-0.4, -0.2) is 48.6 Å². The molecule has 0 bridgehead atoms. The second-order valence-electron chi connectivity index (χ2n) is 7.14. The molecular formula is C20H26Cl2N4O2S. The topological polar surface area (TPSA) is 67.6 Å². The number of nitrogens with zero attached hydrogens (tertiary/aromatic N) is 4. The second-order valence-corrected chi connectivity index (χ2v) is 9.46. The highest BCUT2D eigenvalue weighted by atomic mass is 35.5. The molecule has 0 aliphatic carbocycles. The predicted octanol–water partition coefficient (Wildman–Crippen LogP) is 3.92. The molecule has 0 aliphatic rings. The Labute approximate surface area is 183 Å². The van der Waals surface area contributed by atoms with Gasteiger partial charge in [0, 0.05) is 23.0 Å². The molecule has 0 amide bonds. The number of aryl methyl sites for hydroxylation is 3. The van der Waals surface area contributed by atoms with Crippen molar-refractivity contribution in [1.82, 2.24) is 19.5 Å². The third-order valence-corrected chi connectivity index (χ3v) is 6.94. The molecule has 0 unspecified atom stereocenters. The Balaban J connectivity index is 0.00000300. The Kier molecular flexibility index (Phi) is 7.32. The van der Waals surface area contributed by atoms with Crippen LogP contribution in [-0.2, 0) is 22.7 Å². The van der Waals surface area contributed by atoms with Crippen molar-refractivity contribution in [2.24, 2.45) is 0 Å². The van der Waals surface area contributed by atoms with Crippen LogP contribution < -0.4 is 0 Å². The zero-order chi connectivity index (χ0) is 20.6. The molecule has 0 saturated heterocycles. The van der Waals surface area contributed by atoms with Gasteiger partial charge in [-0.2, -0.15) is 5.10 Å². The molecular weight excluding hydrogens is 431 g/mol. The van der Waals surface area contributed by atoms with Crippen LogP contribution in [0.3, 0.4) is 0 Å². The summed E-state index contributed by atoms with van der Waals surface area (Å²) in [6.07, 6.45) is 1.31. The summed E-state index contributed by atoms with van der Waals surface area (Å²) in [6, 6.07) is 6.30. The van der Waals surface area contributed by atoms with Gasteiger partial charge in [0.2, 0.25) is 9.84 Å². The minimum Gasteiger partial charge on any atom is -0.309 e. The quantitative estimate of drug-likeness (QED) is 0.561. The van der Waals surface area contributed by atoms with Crippen molar-refractivity contribution in [3.05, 3.63) is 51.9 Å². The molecule has 9 heteroatoms. The van der Waals surface area contributed by atoms with E-state index in [0.717, 1.165) is 29.9 Å². The third kappa shape index (κ3) is 4.43. The normalized spacial score (nSPS) is 11.8. The summed E-state index contributed by atoms with van der Waals surface area (Å²) in [7, 11) is 0.248. The fourth-order valence-electron chi connectivity index (χ4n) is 3.34. The number of sulfone groups is 1. The molecule has 3 rings (SSSR count). The van der Waals surface area contributed by atoms with Crippen LogP contribution in [0.25, 0.3) is 5.65 Å². The van der Waals surface area contributed by atoms with Crippen LogP contribution in [0, 0.1) is 13.8 Å². The zero-order valence-corrected chi connectivity index (χ0v) is 19.6. The van der Waals surface area contributed by atoms with Crippen LogP contribution in [0.5, 0.6) is 0 Å². The number of halogens is 2. The largest absolute Gasteiger partial charge is 0.309 e. The van der Waals surface area contributed by atoms with Crippen LogP contribution >= 0.6 is 24.0 Å². The monoisotopic (exact) mass is 456 g/mol. The van der Waals surface area contributed by atoms with E-state index in [2.05, 4.69) is 15.0 Å². The van der Waals surface area contributed by atoms with Gasteiger partial charge in [-0.15, -0.1) is 12.4 Å². The van der Waals surface area contributed by atoms with Gasteiger partial charge < -0.3 is 4.90 Å². The van der Waals surface area contributed by atoms with Crippen molar-refractivity contribution in [3.63, 3.8) is 0 Å². The summed E-state index contributed by atoms with van der Waals surface area (Å²) in [5, 5.41) is 4.98. The van der Waals surface area contributed by atoms with Crippen LogP contribution in [0.1, 0.15) is 29.6 Å². The first-order valence-electron chi connectivity index (χ1n) is 9.19. The van der Waals surface area contributed by atoms with Crippen molar-refractivity contribution in [2.45, 2.75) is 43.4 Å². The van der Waals surface area contributed by atoms with E-state index in [0.29, 0.717) is 22.8 Å². The molecule has 0 saturated carbocycles. The zero-order valence-electron chi connectivity index (χ0n) is 17.2. The van der Waals surface area contributed by atoms with E-state index in [4.69, 9.17) is 11.6 Å². The average Bonchev–Trinajstić information content (AvgIpc) is 3.00. The first-order chi connectivity index (χ1) is 13.2. The molecule has 0 spiro atoms. The first-order valence-corrected chi connectivity index (χ1v) is 11.1. The number of benzene rings is 1. The number of rotatable bonds is 6. The van der Waals surface area contributed by atoms with Crippen molar-refractivity contribution in [2.75, 3.05) is 20.6 Å². The predicted molar refractivity (Wildman–Crippen MR) is 118 cm³/mol. The maximum Gasteiger partial charge on any atom is 0.212 e. The molecule has 3 aromatic rings. The minimum absolute atomic E-state index is 0. The van der Waals surface area contributed by atoms with E-state index in [1.54, 1.807) is 22.7 Å². The molecule has 0 radical (unpaired) electrons. The van der Waals surface area contributed by atoms with Gasteiger partial charge in [0.05, 0.1) is 10.6 Å². The van der Waals surface area contributed by atoms with Crippen molar-refractivity contribution >= 4 is 39.5 Å². The lowest BCUT2D eigenvalue weighted by Crippen LogP contribution is -2.17. The number of hydrogen-bond donors (Lipinski definition) is 0. The standard InChI is InChI=1S/C20H25ClN4O2S.ClH/c1-6-18-19(28(26,27)16-9-7-8-15(21)12-16)20-22-13(2)17(10-11-24(4)5)14(3)25(20)23-18;/h7-9,12H,6,10-11H2,1-5H3;1H. The lowest BCUT2D eigenvalue weighted by Gasteiger charge is -2.14. The van der Waals surface area contributed by atoms with E-state index in [1.165, 1.54) is 6.07 Å². The van der Waals surface area contributed by atoms with Gasteiger partial charge >= 0.3 is 0 Å². The SMILES string of the molecule is CCc1nn2c(C)c(CCN(C)C)c(C)nc2c1S(=O)(=O)c1cccc(Cl)c1.Cl. The Morgan fingerprint density at radius 2 is 1.90 bits per heavy atom. The molecule has 0 atom stereocenters. The van der Waals surface area contributed by atoms with E-state index < -0.39 is 9.84 Å². The van der Waals surface area contributed by atoms with Gasteiger partial charge in [0.25, 0.3) is 0 Å². The van der Waals surface area contributed by atoms with Gasteiger partial charge in [-0.25, -0.2) is 17.9 Å². The summed E-state index contributed by atoms with van der Waals surface area (Å²) < 4.78 is 28.5.